The van der Waals surface area contributed by atoms with Crippen LogP contribution in [0, 0.1) is 0 Å². The van der Waals surface area contributed by atoms with E-state index >= 15 is 0 Å². The van der Waals surface area contributed by atoms with Crippen LogP contribution in [0.25, 0.3) is 5.76 Å². The quantitative estimate of drug-likeness (QED) is 0.579. The summed E-state index contributed by atoms with van der Waals surface area (Å²) in [4.78, 5) is 4.80. The van der Waals surface area contributed by atoms with Crippen molar-refractivity contribution in [3.63, 3.8) is 0 Å². The molecule has 0 radical (unpaired) electrons. The smallest absolute Gasteiger partial charge is 0.222 e. The van der Waals surface area contributed by atoms with Gasteiger partial charge >= 0.3 is 0 Å². The molecule has 1 unspecified atom stereocenters. The van der Waals surface area contributed by atoms with Crippen molar-refractivity contribution in [3.8, 4) is 0 Å². The van der Waals surface area contributed by atoms with E-state index in [1.54, 1.807) is 0 Å². The van der Waals surface area contributed by atoms with Gasteiger partial charge in [0.15, 0.2) is 0 Å². The lowest BCUT2D eigenvalue weighted by Gasteiger charge is -2.22. The molecule has 3 aromatic carbocycles. The molecule has 3 heteroatoms. The summed E-state index contributed by atoms with van der Waals surface area (Å²) in [6.45, 7) is 0. The van der Waals surface area contributed by atoms with Gasteiger partial charge in [-0.1, -0.05) is 72.3 Å². The third-order valence-electron chi connectivity index (χ3n) is 4.06. The lowest BCUT2D eigenvalue weighted by Crippen LogP contribution is -2.13. The standard InChI is InChI=1S/C22H16ClNO/c23-19-13-11-16(12-14-19)20-15-21(17-7-3-1-4-8-17)25-22(24-20)18-9-5-2-6-10-18/h1-15,20H. The highest BCUT2D eigenvalue weighted by atomic mass is 35.5. The Morgan fingerprint density at radius 3 is 1.96 bits per heavy atom. The third-order valence-corrected chi connectivity index (χ3v) is 4.31. The zero-order chi connectivity index (χ0) is 17.1. The fraction of sp³-hybridized carbons (Fsp3) is 0.0455. The van der Waals surface area contributed by atoms with Gasteiger partial charge in [-0.05, 0) is 35.9 Å². The molecule has 2 nitrogen and oxygen atoms in total. The van der Waals surface area contributed by atoms with Crippen molar-refractivity contribution in [1.29, 1.82) is 0 Å². The number of halogens is 1. The minimum Gasteiger partial charge on any atom is -0.438 e. The van der Waals surface area contributed by atoms with Crippen molar-refractivity contribution in [1.82, 2.24) is 0 Å². The van der Waals surface area contributed by atoms with Crippen LogP contribution in [-0.2, 0) is 4.74 Å². The summed E-state index contributed by atoms with van der Waals surface area (Å²) in [6, 6.07) is 27.7. The summed E-state index contributed by atoms with van der Waals surface area (Å²) < 4.78 is 6.12. The van der Waals surface area contributed by atoms with Crippen LogP contribution in [0.4, 0.5) is 0 Å². The van der Waals surface area contributed by atoms with Crippen LogP contribution in [0.3, 0.4) is 0 Å². The lowest BCUT2D eigenvalue weighted by molar-refractivity contribution is 0.486. The molecule has 1 atom stereocenters. The summed E-state index contributed by atoms with van der Waals surface area (Å²) in [5.74, 6) is 1.44. The number of hydrogen-bond acceptors (Lipinski definition) is 2. The maximum Gasteiger partial charge on any atom is 0.222 e. The molecule has 0 bridgehead atoms. The molecule has 3 aromatic rings. The normalized spacial score (nSPS) is 16.6. The van der Waals surface area contributed by atoms with Crippen LogP contribution in [-0.4, -0.2) is 5.90 Å². The Balaban J connectivity index is 1.78. The van der Waals surface area contributed by atoms with Crippen molar-refractivity contribution >= 4 is 23.3 Å². The molecule has 0 amide bonds. The zero-order valence-corrected chi connectivity index (χ0v) is 14.2. The predicted molar refractivity (Wildman–Crippen MR) is 103 cm³/mol. The molecule has 4 rings (SSSR count). The van der Waals surface area contributed by atoms with Gasteiger partial charge in [-0.15, -0.1) is 0 Å². The molecule has 1 aliphatic rings. The molecule has 0 saturated heterocycles. The van der Waals surface area contributed by atoms with Crippen molar-refractivity contribution in [2.45, 2.75) is 6.04 Å². The summed E-state index contributed by atoms with van der Waals surface area (Å²) in [6.07, 6.45) is 2.05. The van der Waals surface area contributed by atoms with Crippen molar-refractivity contribution < 1.29 is 4.74 Å². The van der Waals surface area contributed by atoms with Gasteiger partial charge in [0.1, 0.15) is 11.8 Å². The van der Waals surface area contributed by atoms with E-state index in [9.17, 15) is 0 Å². The minimum atomic E-state index is -0.114. The average molecular weight is 346 g/mol. The maximum absolute atomic E-state index is 6.12. The van der Waals surface area contributed by atoms with E-state index in [2.05, 4.69) is 0 Å². The molecular formula is C22H16ClNO. The number of rotatable bonds is 3. The average Bonchev–Trinajstić information content (AvgIpc) is 2.69. The Kier molecular flexibility index (Phi) is 4.36. The Morgan fingerprint density at radius 1 is 0.720 bits per heavy atom. The van der Waals surface area contributed by atoms with Gasteiger partial charge < -0.3 is 4.74 Å². The first-order valence-corrected chi connectivity index (χ1v) is 8.51. The molecule has 0 saturated carbocycles. The summed E-state index contributed by atoms with van der Waals surface area (Å²) in [5, 5.41) is 0.718. The van der Waals surface area contributed by atoms with Crippen LogP contribution in [0.15, 0.2) is 96.0 Å². The number of benzene rings is 3. The van der Waals surface area contributed by atoms with E-state index < -0.39 is 0 Å². The first kappa shape index (κ1) is 15.7. The van der Waals surface area contributed by atoms with Crippen molar-refractivity contribution in [3.05, 3.63) is 113 Å². The van der Waals surface area contributed by atoms with Crippen LogP contribution >= 0.6 is 11.6 Å². The highest BCUT2D eigenvalue weighted by molar-refractivity contribution is 6.30. The molecule has 1 heterocycles. The Hall–Kier alpha value is -2.84. The maximum atomic E-state index is 6.12. The van der Waals surface area contributed by atoms with Crippen molar-refractivity contribution in [2.75, 3.05) is 0 Å². The number of aliphatic imine (C=N–C) groups is 1. The third kappa shape index (κ3) is 3.49. The van der Waals surface area contributed by atoms with Gasteiger partial charge in [-0.25, -0.2) is 4.99 Å². The predicted octanol–water partition coefficient (Wildman–Crippen LogP) is 5.90. The van der Waals surface area contributed by atoms with Crippen LogP contribution in [0.5, 0.6) is 0 Å². The molecule has 0 aromatic heterocycles. The van der Waals surface area contributed by atoms with Crippen LogP contribution in [0.1, 0.15) is 22.7 Å². The van der Waals surface area contributed by atoms with Gasteiger partial charge in [0.2, 0.25) is 5.90 Å². The lowest BCUT2D eigenvalue weighted by atomic mass is 10.0. The summed E-state index contributed by atoms with van der Waals surface area (Å²) >= 11 is 6.02. The number of ether oxygens (including phenoxy) is 1. The molecular weight excluding hydrogens is 330 g/mol. The first-order valence-electron chi connectivity index (χ1n) is 8.13. The van der Waals surface area contributed by atoms with E-state index in [0.717, 1.165) is 27.5 Å². The molecule has 0 aliphatic carbocycles. The van der Waals surface area contributed by atoms with Crippen LogP contribution < -0.4 is 0 Å². The fourth-order valence-corrected chi connectivity index (χ4v) is 2.90. The van der Waals surface area contributed by atoms with E-state index in [4.69, 9.17) is 21.3 Å². The molecule has 25 heavy (non-hydrogen) atoms. The van der Waals surface area contributed by atoms with Gasteiger partial charge in [0.05, 0.1) is 0 Å². The minimum absolute atomic E-state index is 0.114. The molecule has 0 N–H and O–H groups in total. The van der Waals surface area contributed by atoms with Gasteiger partial charge in [-0.3, -0.25) is 0 Å². The highest BCUT2D eigenvalue weighted by Gasteiger charge is 2.21. The van der Waals surface area contributed by atoms with Gasteiger partial charge in [-0.2, -0.15) is 0 Å². The van der Waals surface area contributed by atoms with E-state index in [1.165, 1.54) is 0 Å². The summed E-state index contributed by atoms with van der Waals surface area (Å²) in [5.41, 5.74) is 3.07. The fourth-order valence-electron chi connectivity index (χ4n) is 2.77. The molecule has 0 fully saturated rings. The Labute approximate surface area is 152 Å². The van der Waals surface area contributed by atoms with Crippen LogP contribution in [0.2, 0.25) is 5.02 Å². The van der Waals surface area contributed by atoms with Gasteiger partial charge in [0, 0.05) is 16.1 Å². The topological polar surface area (TPSA) is 21.6 Å². The van der Waals surface area contributed by atoms with E-state index in [1.807, 2.05) is 91.0 Å². The summed E-state index contributed by atoms with van der Waals surface area (Å²) in [7, 11) is 0. The largest absolute Gasteiger partial charge is 0.438 e. The van der Waals surface area contributed by atoms with Gasteiger partial charge in [0.25, 0.3) is 0 Å². The molecule has 1 aliphatic heterocycles. The SMILES string of the molecule is Clc1ccc(C2C=C(c3ccccc3)OC(c3ccccc3)=N2)cc1. The highest BCUT2D eigenvalue weighted by Crippen LogP contribution is 2.31. The van der Waals surface area contributed by atoms with E-state index in [-0.39, 0.29) is 6.04 Å². The second-order valence-corrected chi connectivity index (χ2v) is 6.23. The molecule has 122 valence electrons. The second-order valence-electron chi connectivity index (χ2n) is 5.80. The molecule has 0 spiro atoms. The zero-order valence-electron chi connectivity index (χ0n) is 13.5. The second kappa shape index (κ2) is 6.96. The number of nitrogens with zero attached hydrogens (tertiary/aromatic N) is 1. The van der Waals surface area contributed by atoms with Crippen molar-refractivity contribution in [2.24, 2.45) is 4.99 Å². The Morgan fingerprint density at radius 2 is 1.32 bits per heavy atom. The van der Waals surface area contributed by atoms with E-state index in [0.29, 0.717) is 5.90 Å². The first-order chi connectivity index (χ1) is 12.3. The monoisotopic (exact) mass is 345 g/mol. The Bertz CT molecular complexity index is 860. The number of hydrogen-bond donors (Lipinski definition) is 0.